The largest absolute Gasteiger partial charge is 0.381 e. The lowest BCUT2D eigenvalue weighted by Gasteiger charge is -1.98. The highest BCUT2D eigenvalue weighted by Gasteiger charge is 1.94. The van der Waals surface area contributed by atoms with E-state index in [0.717, 1.165) is 17.0 Å². The molecule has 0 aliphatic rings. The minimum atomic E-state index is 0.657. The molecule has 13 heavy (non-hydrogen) atoms. The van der Waals surface area contributed by atoms with Crippen LogP contribution in [0.15, 0.2) is 36.4 Å². The van der Waals surface area contributed by atoms with Gasteiger partial charge in [0.1, 0.15) is 0 Å². The van der Waals surface area contributed by atoms with Crippen LogP contribution >= 0.6 is 11.6 Å². The lowest BCUT2D eigenvalue weighted by molar-refractivity contribution is 0.233. The van der Waals surface area contributed by atoms with E-state index in [1.54, 1.807) is 7.11 Å². The number of ether oxygens (including phenoxy) is 1. The van der Waals surface area contributed by atoms with Crippen LogP contribution in [0, 0.1) is 0 Å². The summed E-state index contributed by atoms with van der Waals surface area (Å²) in [5.41, 5.74) is 1.15. The van der Waals surface area contributed by atoms with Crippen molar-refractivity contribution in [2.45, 2.75) is 6.42 Å². The highest BCUT2D eigenvalue weighted by Crippen LogP contribution is 2.15. The van der Waals surface area contributed by atoms with Gasteiger partial charge in [-0.25, -0.2) is 0 Å². The minimum absolute atomic E-state index is 0.657. The molecule has 0 amide bonds. The smallest absolute Gasteiger partial charge is 0.0643 e. The second-order valence-electron chi connectivity index (χ2n) is 2.72. The van der Waals surface area contributed by atoms with Gasteiger partial charge in [0.15, 0.2) is 0 Å². The number of benzene rings is 1. The van der Waals surface area contributed by atoms with E-state index in [9.17, 15) is 0 Å². The summed E-state index contributed by atoms with van der Waals surface area (Å²) in [6.07, 6.45) is 4.91. The molecule has 0 aromatic heterocycles. The molecule has 1 rings (SSSR count). The van der Waals surface area contributed by atoms with Gasteiger partial charge in [-0.15, -0.1) is 0 Å². The van der Waals surface area contributed by atoms with Gasteiger partial charge in [0.25, 0.3) is 0 Å². The Kier molecular flexibility index (Phi) is 4.58. The van der Waals surface area contributed by atoms with Crippen molar-refractivity contribution in [3.05, 3.63) is 47.0 Å². The topological polar surface area (TPSA) is 9.23 Å². The van der Waals surface area contributed by atoms with Crippen LogP contribution in [-0.4, -0.2) is 13.7 Å². The van der Waals surface area contributed by atoms with Gasteiger partial charge in [0.2, 0.25) is 0 Å². The van der Waals surface area contributed by atoms with E-state index in [1.165, 1.54) is 0 Å². The predicted octanol–water partition coefficient (Wildman–Crippen LogP) is 3.09. The van der Waals surface area contributed by atoms with E-state index in [1.807, 2.05) is 30.3 Å². The summed E-state index contributed by atoms with van der Waals surface area (Å²) >= 11 is 5.97. The van der Waals surface area contributed by atoms with Gasteiger partial charge < -0.3 is 4.74 Å². The number of halogens is 1. The summed E-state index contributed by atoms with van der Waals surface area (Å²) in [5, 5.41) is 0.824. The van der Waals surface area contributed by atoms with E-state index in [4.69, 9.17) is 16.3 Å². The number of hydrogen-bond acceptors (Lipinski definition) is 1. The molecule has 0 atom stereocenters. The van der Waals surface area contributed by atoms with Crippen molar-refractivity contribution >= 4 is 11.6 Å². The maximum Gasteiger partial charge on any atom is 0.0643 e. The van der Waals surface area contributed by atoms with Crippen LogP contribution in [0.5, 0.6) is 0 Å². The molecule has 0 aliphatic heterocycles. The number of rotatable bonds is 4. The molecular weight excluding hydrogens is 184 g/mol. The summed E-state index contributed by atoms with van der Waals surface area (Å²) in [6.45, 7) is 0.657. The third-order valence-electron chi connectivity index (χ3n) is 1.73. The molecule has 0 unspecified atom stereocenters. The van der Waals surface area contributed by atoms with Crippen LogP contribution in [-0.2, 0) is 11.2 Å². The van der Waals surface area contributed by atoms with Gasteiger partial charge in [0.05, 0.1) is 6.61 Å². The fourth-order valence-electron chi connectivity index (χ4n) is 1.04. The maximum atomic E-state index is 5.97. The Hall–Kier alpha value is -0.790. The molecule has 0 saturated carbocycles. The summed E-state index contributed by atoms with van der Waals surface area (Å²) in [4.78, 5) is 0. The van der Waals surface area contributed by atoms with Crippen LogP contribution < -0.4 is 0 Å². The highest BCUT2D eigenvalue weighted by atomic mass is 35.5. The molecular formula is C11H13ClO. The summed E-state index contributed by atoms with van der Waals surface area (Å²) in [5.74, 6) is 0. The zero-order valence-corrected chi connectivity index (χ0v) is 8.42. The van der Waals surface area contributed by atoms with Crippen molar-refractivity contribution in [1.82, 2.24) is 0 Å². The predicted molar refractivity (Wildman–Crippen MR) is 56.2 cm³/mol. The van der Waals surface area contributed by atoms with Gasteiger partial charge in [-0.2, -0.15) is 0 Å². The van der Waals surface area contributed by atoms with Crippen LogP contribution in [0.4, 0.5) is 0 Å². The Morgan fingerprint density at radius 1 is 1.31 bits per heavy atom. The number of allylic oxidation sites excluding steroid dienone is 1. The van der Waals surface area contributed by atoms with Crippen molar-refractivity contribution in [2.24, 2.45) is 0 Å². The number of hydrogen-bond donors (Lipinski definition) is 0. The fraction of sp³-hybridized carbons (Fsp3) is 0.273. The zero-order chi connectivity index (χ0) is 9.52. The first kappa shape index (κ1) is 10.3. The average molecular weight is 197 g/mol. The maximum absolute atomic E-state index is 5.97. The minimum Gasteiger partial charge on any atom is -0.381 e. The Balaban J connectivity index is 2.49. The molecule has 0 fully saturated rings. The van der Waals surface area contributed by atoms with Gasteiger partial charge in [-0.1, -0.05) is 42.0 Å². The van der Waals surface area contributed by atoms with Crippen LogP contribution in [0.2, 0.25) is 5.02 Å². The van der Waals surface area contributed by atoms with E-state index in [2.05, 4.69) is 6.08 Å². The van der Waals surface area contributed by atoms with Gasteiger partial charge in [-0.3, -0.25) is 0 Å². The monoisotopic (exact) mass is 196 g/mol. The Bertz CT molecular complexity index is 281. The molecule has 0 bridgehead atoms. The summed E-state index contributed by atoms with van der Waals surface area (Å²) < 4.78 is 4.89. The van der Waals surface area contributed by atoms with Crippen LogP contribution in [0.25, 0.3) is 0 Å². The second-order valence-corrected chi connectivity index (χ2v) is 3.13. The molecule has 0 saturated heterocycles. The van der Waals surface area contributed by atoms with Crippen molar-refractivity contribution in [3.8, 4) is 0 Å². The lowest BCUT2D eigenvalue weighted by atomic mass is 10.1. The molecule has 0 aliphatic carbocycles. The first-order chi connectivity index (χ1) is 6.34. The van der Waals surface area contributed by atoms with E-state index >= 15 is 0 Å². The first-order valence-corrected chi connectivity index (χ1v) is 4.59. The Morgan fingerprint density at radius 3 is 2.77 bits per heavy atom. The fourth-order valence-corrected chi connectivity index (χ4v) is 1.25. The van der Waals surface area contributed by atoms with Gasteiger partial charge in [-0.05, 0) is 18.1 Å². The summed E-state index contributed by atoms with van der Waals surface area (Å²) in [6, 6.07) is 7.86. The highest BCUT2D eigenvalue weighted by molar-refractivity contribution is 6.31. The molecule has 0 spiro atoms. The van der Waals surface area contributed by atoms with E-state index < -0.39 is 0 Å². The molecule has 0 heterocycles. The summed E-state index contributed by atoms with van der Waals surface area (Å²) in [7, 11) is 1.68. The zero-order valence-electron chi connectivity index (χ0n) is 7.66. The quantitative estimate of drug-likeness (QED) is 0.673. The SMILES string of the molecule is COCC=CCc1ccccc1Cl. The standard InChI is InChI=1S/C11H13ClO/c1-13-9-5-4-7-10-6-2-3-8-11(10)12/h2-6,8H,7,9H2,1H3. The average Bonchev–Trinajstić information content (AvgIpc) is 2.15. The molecule has 1 aromatic carbocycles. The van der Waals surface area contributed by atoms with Crippen LogP contribution in [0.1, 0.15) is 5.56 Å². The second kappa shape index (κ2) is 5.79. The first-order valence-electron chi connectivity index (χ1n) is 4.22. The third-order valence-corrected chi connectivity index (χ3v) is 2.09. The molecule has 1 nitrogen and oxygen atoms in total. The van der Waals surface area contributed by atoms with Crippen molar-refractivity contribution < 1.29 is 4.74 Å². The van der Waals surface area contributed by atoms with Crippen molar-refractivity contribution in [2.75, 3.05) is 13.7 Å². The molecule has 70 valence electrons. The molecule has 1 aromatic rings. The Morgan fingerprint density at radius 2 is 2.08 bits per heavy atom. The molecule has 0 N–H and O–H groups in total. The van der Waals surface area contributed by atoms with Crippen LogP contribution in [0.3, 0.4) is 0 Å². The van der Waals surface area contributed by atoms with Gasteiger partial charge in [0, 0.05) is 12.1 Å². The van der Waals surface area contributed by atoms with E-state index in [0.29, 0.717) is 6.61 Å². The normalized spacial score (nSPS) is 10.9. The lowest BCUT2D eigenvalue weighted by Crippen LogP contribution is -1.84. The third kappa shape index (κ3) is 3.62. The molecule has 2 heteroatoms. The molecule has 0 radical (unpaired) electrons. The number of methoxy groups -OCH3 is 1. The van der Waals surface area contributed by atoms with Crippen molar-refractivity contribution in [3.63, 3.8) is 0 Å². The van der Waals surface area contributed by atoms with Gasteiger partial charge >= 0.3 is 0 Å². The van der Waals surface area contributed by atoms with Crippen molar-refractivity contribution in [1.29, 1.82) is 0 Å². The Labute approximate surface area is 84.0 Å². The van der Waals surface area contributed by atoms with E-state index in [-0.39, 0.29) is 0 Å².